The van der Waals surface area contributed by atoms with Crippen molar-refractivity contribution >= 4 is 11.7 Å². The minimum absolute atomic E-state index is 0.0617. The second-order valence-corrected chi connectivity index (χ2v) is 7.11. The summed E-state index contributed by atoms with van der Waals surface area (Å²) in [6.45, 7) is 5.01. The van der Waals surface area contributed by atoms with Crippen LogP contribution in [0.2, 0.25) is 0 Å². The lowest BCUT2D eigenvalue weighted by atomic mass is 9.97. The molecule has 0 bridgehead atoms. The number of hydrogen-bond acceptors (Lipinski definition) is 3. The summed E-state index contributed by atoms with van der Waals surface area (Å²) < 4.78 is 1.71. The first kappa shape index (κ1) is 17.5. The van der Waals surface area contributed by atoms with Crippen molar-refractivity contribution in [3.63, 3.8) is 0 Å². The molecule has 25 heavy (non-hydrogen) atoms. The molecule has 1 aliphatic heterocycles. The number of rotatable bonds is 4. The summed E-state index contributed by atoms with van der Waals surface area (Å²) in [6.07, 6.45) is 2.10. The number of benzene rings is 1. The topological polar surface area (TPSA) is 70.4 Å². The number of nitrogens with one attached hydrogen (secondary N) is 1. The molecule has 6 heteroatoms. The number of carbonyl (C=O) groups excluding carboxylic acids is 1. The number of aromatic nitrogens is 2. The van der Waals surface area contributed by atoms with E-state index in [-0.39, 0.29) is 17.9 Å². The van der Waals surface area contributed by atoms with Crippen molar-refractivity contribution < 1.29 is 9.90 Å². The van der Waals surface area contributed by atoms with Gasteiger partial charge in [0.05, 0.1) is 17.5 Å². The Morgan fingerprint density at radius 1 is 1.32 bits per heavy atom. The zero-order valence-electron chi connectivity index (χ0n) is 15.0. The molecular formula is C19H26N4O2. The molecule has 3 rings (SSSR count). The van der Waals surface area contributed by atoms with E-state index in [9.17, 15) is 9.90 Å². The van der Waals surface area contributed by atoms with E-state index in [4.69, 9.17) is 0 Å². The Hall–Kier alpha value is -2.34. The Morgan fingerprint density at radius 2 is 2.04 bits per heavy atom. The number of nitrogens with zero attached hydrogens (tertiary/aromatic N) is 3. The van der Waals surface area contributed by atoms with Crippen molar-refractivity contribution in [2.45, 2.75) is 32.3 Å². The van der Waals surface area contributed by atoms with Crippen LogP contribution >= 0.6 is 0 Å². The molecule has 1 fully saturated rings. The van der Waals surface area contributed by atoms with E-state index in [0.29, 0.717) is 13.1 Å². The number of urea groups is 1. The smallest absolute Gasteiger partial charge is 0.322 e. The van der Waals surface area contributed by atoms with Gasteiger partial charge in [0, 0.05) is 32.3 Å². The minimum atomic E-state index is -0.496. The Kier molecular flexibility index (Phi) is 5.08. The van der Waals surface area contributed by atoms with E-state index in [1.807, 2.05) is 45.3 Å². The van der Waals surface area contributed by atoms with Gasteiger partial charge < -0.3 is 15.3 Å². The van der Waals surface area contributed by atoms with Crippen molar-refractivity contribution in [3.8, 4) is 0 Å². The molecular weight excluding hydrogens is 316 g/mol. The molecule has 1 aliphatic rings. The van der Waals surface area contributed by atoms with Gasteiger partial charge in [0.15, 0.2) is 0 Å². The summed E-state index contributed by atoms with van der Waals surface area (Å²) in [4.78, 5) is 14.3. The average molecular weight is 342 g/mol. The standard InChI is InChI=1S/C19H26N4O2/c1-13(2)18-16(11-22(3)21-18)20-19(25)23-10-15(17(24)12-23)9-14-7-5-4-6-8-14/h4-8,11,13,15,17,24H,9-10,12H2,1-3H3,(H,20,25)/t15-,17-/m1/s1. The third-order valence-electron chi connectivity index (χ3n) is 4.68. The van der Waals surface area contributed by atoms with Gasteiger partial charge in [-0.25, -0.2) is 4.79 Å². The highest BCUT2D eigenvalue weighted by molar-refractivity contribution is 5.90. The van der Waals surface area contributed by atoms with Gasteiger partial charge in [-0.2, -0.15) is 5.10 Å². The Balaban J connectivity index is 1.64. The van der Waals surface area contributed by atoms with Crippen LogP contribution in [-0.2, 0) is 13.5 Å². The first-order valence-corrected chi connectivity index (χ1v) is 8.75. The number of aryl methyl sites for hydroxylation is 1. The number of likely N-dealkylation sites (tertiary alicyclic amines) is 1. The van der Waals surface area contributed by atoms with Crippen LogP contribution < -0.4 is 5.32 Å². The second-order valence-electron chi connectivity index (χ2n) is 7.11. The Labute approximate surface area is 148 Å². The van der Waals surface area contributed by atoms with Crippen LogP contribution in [0.5, 0.6) is 0 Å². The summed E-state index contributed by atoms with van der Waals surface area (Å²) in [6, 6.07) is 9.91. The van der Waals surface area contributed by atoms with Crippen molar-refractivity contribution in [2.75, 3.05) is 18.4 Å². The van der Waals surface area contributed by atoms with Crippen LogP contribution in [-0.4, -0.2) is 45.0 Å². The van der Waals surface area contributed by atoms with Gasteiger partial charge in [-0.3, -0.25) is 4.68 Å². The summed E-state index contributed by atoms with van der Waals surface area (Å²) >= 11 is 0. The Morgan fingerprint density at radius 3 is 2.72 bits per heavy atom. The molecule has 134 valence electrons. The maximum Gasteiger partial charge on any atom is 0.322 e. The van der Waals surface area contributed by atoms with Crippen LogP contribution in [0.3, 0.4) is 0 Å². The van der Waals surface area contributed by atoms with Gasteiger partial charge in [0.1, 0.15) is 0 Å². The van der Waals surface area contributed by atoms with Crippen LogP contribution in [0.25, 0.3) is 0 Å². The van der Waals surface area contributed by atoms with Crippen LogP contribution in [0, 0.1) is 5.92 Å². The van der Waals surface area contributed by atoms with Crippen LogP contribution in [0.4, 0.5) is 10.5 Å². The maximum atomic E-state index is 12.6. The fraction of sp³-hybridized carbons (Fsp3) is 0.474. The fourth-order valence-corrected chi connectivity index (χ4v) is 3.36. The molecule has 1 aromatic heterocycles. The molecule has 2 amide bonds. The number of hydrogen-bond donors (Lipinski definition) is 2. The number of anilines is 1. The van der Waals surface area contributed by atoms with Crippen LogP contribution in [0.1, 0.15) is 31.0 Å². The first-order valence-electron chi connectivity index (χ1n) is 8.75. The van der Waals surface area contributed by atoms with Gasteiger partial charge in [0.25, 0.3) is 0 Å². The largest absolute Gasteiger partial charge is 0.391 e. The van der Waals surface area contributed by atoms with Gasteiger partial charge in [-0.15, -0.1) is 0 Å². The number of β-amino-alcohol motifs (C(OH)–C–C–N with tert-alkyl or cyclic N) is 1. The number of aliphatic hydroxyl groups is 1. The summed E-state index contributed by atoms with van der Waals surface area (Å²) in [5.41, 5.74) is 2.79. The molecule has 0 radical (unpaired) electrons. The van der Waals surface area contributed by atoms with Crippen molar-refractivity contribution in [3.05, 3.63) is 47.8 Å². The molecule has 0 aliphatic carbocycles. The van der Waals surface area contributed by atoms with Gasteiger partial charge in [-0.05, 0) is 17.9 Å². The molecule has 2 N–H and O–H groups in total. The summed E-state index contributed by atoms with van der Waals surface area (Å²) in [5.74, 6) is 0.290. The zero-order valence-corrected chi connectivity index (χ0v) is 15.0. The third kappa shape index (κ3) is 4.02. The number of carbonyl (C=O) groups is 1. The van der Waals surface area contributed by atoms with Crippen LogP contribution in [0.15, 0.2) is 36.5 Å². The summed E-state index contributed by atoms with van der Waals surface area (Å²) in [7, 11) is 1.84. The van der Waals surface area contributed by atoms with Gasteiger partial charge in [0.2, 0.25) is 0 Å². The van der Waals surface area contributed by atoms with Crippen molar-refractivity contribution in [1.82, 2.24) is 14.7 Å². The molecule has 2 heterocycles. The predicted octanol–water partition coefficient (Wildman–Crippen LogP) is 2.61. The van der Waals surface area contributed by atoms with E-state index >= 15 is 0 Å². The van der Waals surface area contributed by atoms with Gasteiger partial charge >= 0.3 is 6.03 Å². The van der Waals surface area contributed by atoms with E-state index in [1.54, 1.807) is 9.58 Å². The molecule has 1 saturated heterocycles. The lowest BCUT2D eigenvalue weighted by Crippen LogP contribution is -2.34. The van der Waals surface area contributed by atoms with Gasteiger partial charge in [-0.1, -0.05) is 44.2 Å². The predicted molar refractivity (Wildman–Crippen MR) is 97.5 cm³/mol. The SMILES string of the molecule is CC(C)c1nn(C)cc1NC(=O)N1C[C@@H](Cc2ccccc2)[C@H](O)C1. The Bertz CT molecular complexity index is 726. The molecule has 2 atom stereocenters. The van der Waals surface area contributed by atoms with E-state index in [0.717, 1.165) is 17.8 Å². The highest BCUT2D eigenvalue weighted by atomic mass is 16.3. The number of aliphatic hydroxyl groups excluding tert-OH is 1. The lowest BCUT2D eigenvalue weighted by molar-refractivity contribution is 0.143. The second kappa shape index (κ2) is 7.27. The molecule has 6 nitrogen and oxygen atoms in total. The molecule has 0 spiro atoms. The average Bonchev–Trinajstić information content (AvgIpc) is 3.12. The third-order valence-corrected chi connectivity index (χ3v) is 4.68. The van der Waals surface area contributed by atoms with Crippen molar-refractivity contribution in [2.24, 2.45) is 13.0 Å². The molecule has 0 unspecified atom stereocenters. The number of amides is 2. The van der Waals surface area contributed by atoms with E-state index in [1.165, 1.54) is 5.56 Å². The fourth-order valence-electron chi connectivity index (χ4n) is 3.36. The normalized spacial score (nSPS) is 20.3. The summed E-state index contributed by atoms with van der Waals surface area (Å²) in [5, 5.41) is 17.7. The first-order chi connectivity index (χ1) is 11.9. The zero-order chi connectivity index (χ0) is 18.0. The quantitative estimate of drug-likeness (QED) is 0.897. The van der Waals surface area contributed by atoms with E-state index in [2.05, 4.69) is 22.5 Å². The lowest BCUT2D eigenvalue weighted by Gasteiger charge is -2.17. The highest BCUT2D eigenvalue weighted by Crippen LogP contribution is 2.25. The maximum absolute atomic E-state index is 12.6. The molecule has 0 saturated carbocycles. The molecule has 2 aromatic rings. The monoisotopic (exact) mass is 342 g/mol. The van der Waals surface area contributed by atoms with Crippen molar-refractivity contribution in [1.29, 1.82) is 0 Å². The highest BCUT2D eigenvalue weighted by Gasteiger charge is 2.34. The minimum Gasteiger partial charge on any atom is -0.391 e. The van der Waals surface area contributed by atoms with E-state index < -0.39 is 6.10 Å². The molecule has 1 aromatic carbocycles.